The van der Waals surface area contributed by atoms with Gasteiger partial charge in [0.25, 0.3) is 5.56 Å². The van der Waals surface area contributed by atoms with Gasteiger partial charge in [-0.25, -0.2) is 10.4 Å². The Morgan fingerprint density at radius 2 is 2.10 bits per heavy atom. The number of hydrogen-bond acceptors (Lipinski definition) is 4. The summed E-state index contributed by atoms with van der Waals surface area (Å²) in [6, 6.07) is 9.50. The van der Waals surface area contributed by atoms with Crippen LogP contribution in [0.5, 0.6) is 0 Å². The van der Waals surface area contributed by atoms with E-state index < -0.39 is 0 Å². The Bertz CT molecular complexity index is 644. The largest absolute Gasteiger partial charge is 0.291 e. The fourth-order valence-electron chi connectivity index (χ4n) is 1.77. The van der Waals surface area contributed by atoms with Crippen LogP contribution >= 0.6 is 0 Å². The Hall–Kier alpha value is -2.43. The molecule has 0 aliphatic carbocycles. The lowest BCUT2D eigenvalue weighted by Crippen LogP contribution is -2.11. The maximum atomic E-state index is 11.5. The van der Waals surface area contributed by atoms with Crippen molar-refractivity contribution in [1.82, 2.24) is 9.97 Å². The van der Waals surface area contributed by atoms with Crippen LogP contribution in [0.1, 0.15) is 30.2 Å². The van der Waals surface area contributed by atoms with E-state index in [1.165, 1.54) is 11.6 Å². The van der Waals surface area contributed by atoms with Crippen molar-refractivity contribution in [2.24, 2.45) is 5.10 Å². The van der Waals surface area contributed by atoms with Gasteiger partial charge in [-0.2, -0.15) is 5.10 Å². The average molecular weight is 270 g/mol. The number of anilines is 1. The minimum Gasteiger partial charge on any atom is -0.291 e. The van der Waals surface area contributed by atoms with Gasteiger partial charge >= 0.3 is 0 Å². The Morgan fingerprint density at radius 1 is 1.35 bits per heavy atom. The molecule has 0 radical (unpaired) electrons. The molecule has 104 valence electrons. The fourth-order valence-corrected chi connectivity index (χ4v) is 1.77. The predicted molar refractivity (Wildman–Crippen MR) is 81.2 cm³/mol. The number of aryl methyl sites for hydroxylation is 2. The number of aromatic amines is 1. The van der Waals surface area contributed by atoms with Gasteiger partial charge in [0, 0.05) is 11.8 Å². The Morgan fingerprint density at radius 3 is 2.80 bits per heavy atom. The lowest BCUT2D eigenvalue weighted by atomic mass is 10.2. The van der Waals surface area contributed by atoms with Gasteiger partial charge in [-0.15, -0.1) is 0 Å². The molecule has 2 N–H and O–H groups in total. The molecule has 5 heteroatoms. The highest BCUT2D eigenvalue weighted by Gasteiger charge is 1.99. The molecule has 1 aromatic heterocycles. The second kappa shape index (κ2) is 6.65. The van der Waals surface area contributed by atoms with Crippen LogP contribution in [0.25, 0.3) is 0 Å². The molecule has 0 atom stereocenters. The van der Waals surface area contributed by atoms with E-state index >= 15 is 0 Å². The van der Waals surface area contributed by atoms with E-state index in [-0.39, 0.29) is 5.56 Å². The van der Waals surface area contributed by atoms with Crippen LogP contribution in [-0.4, -0.2) is 16.2 Å². The molecule has 2 rings (SSSR count). The molecule has 0 spiro atoms. The number of nitrogens with one attached hydrogen (secondary N) is 2. The molecule has 1 aromatic carbocycles. The number of hydrogen-bond donors (Lipinski definition) is 2. The van der Waals surface area contributed by atoms with Gasteiger partial charge < -0.3 is 0 Å². The zero-order valence-electron chi connectivity index (χ0n) is 11.7. The van der Waals surface area contributed by atoms with E-state index in [9.17, 15) is 4.79 Å². The summed E-state index contributed by atoms with van der Waals surface area (Å²) in [4.78, 5) is 18.4. The number of aromatic nitrogens is 2. The van der Waals surface area contributed by atoms with Crippen molar-refractivity contribution in [3.63, 3.8) is 0 Å². The van der Waals surface area contributed by atoms with Gasteiger partial charge in [0.1, 0.15) is 0 Å². The molecule has 1 heterocycles. The molecular weight excluding hydrogens is 252 g/mol. The van der Waals surface area contributed by atoms with Crippen LogP contribution < -0.4 is 11.0 Å². The second-order valence-electron chi connectivity index (χ2n) is 4.62. The van der Waals surface area contributed by atoms with Crippen molar-refractivity contribution in [3.8, 4) is 0 Å². The molecule has 0 saturated heterocycles. The summed E-state index contributed by atoms with van der Waals surface area (Å²) in [6.07, 6.45) is 3.41. The molecule has 0 bridgehead atoms. The summed E-state index contributed by atoms with van der Waals surface area (Å²) in [5.41, 5.74) is 5.53. The molecule has 2 aromatic rings. The van der Waals surface area contributed by atoms with Crippen molar-refractivity contribution in [2.75, 3.05) is 5.43 Å². The third-order valence-electron chi connectivity index (χ3n) is 2.76. The minimum absolute atomic E-state index is 0.170. The summed E-state index contributed by atoms with van der Waals surface area (Å²) in [5, 5.41) is 4.08. The van der Waals surface area contributed by atoms with Crippen LogP contribution in [0.3, 0.4) is 0 Å². The van der Waals surface area contributed by atoms with Crippen LogP contribution in [0.15, 0.2) is 40.2 Å². The minimum atomic E-state index is -0.170. The smallest absolute Gasteiger partial charge is 0.252 e. The summed E-state index contributed by atoms with van der Waals surface area (Å²) in [6.45, 7) is 4.08. The molecular formula is C15H18N4O. The first-order valence-corrected chi connectivity index (χ1v) is 6.63. The third-order valence-corrected chi connectivity index (χ3v) is 2.76. The van der Waals surface area contributed by atoms with Crippen molar-refractivity contribution >= 4 is 12.2 Å². The van der Waals surface area contributed by atoms with Crippen LogP contribution in [-0.2, 0) is 6.42 Å². The van der Waals surface area contributed by atoms with Gasteiger partial charge in [-0.05, 0) is 18.9 Å². The maximum Gasteiger partial charge on any atom is 0.252 e. The molecule has 0 amide bonds. The van der Waals surface area contributed by atoms with E-state index in [1.54, 1.807) is 6.21 Å². The Kier molecular flexibility index (Phi) is 4.65. The molecule has 5 nitrogen and oxygen atoms in total. The van der Waals surface area contributed by atoms with Gasteiger partial charge in [0.05, 0.1) is 6.21 Å². The number of hydrazone groups is 1. The Balaban J connectivity index is 2.06. The number of nitrogens with zero attached hydrogens (tertiary/aromatic N) is 2. The van der Waals surface area contributed by atoms with Gasteiger partial charge in [0.2, 0.25) is 5.95 Å². The number of rotatable bonds is 5. The zero-order valence-corrected chi connectivity index (χ0v) is 11.7. The van der Waals surface area contributed by atoms with Crippen LogP contribution in [0.4, 0.5) is 5.95 Å². The molecule has 0 saturated carbocycles. The summed E-state index contributed by atoms with van der Waals surface area (Å²) in [7, 11) is 0. The second-order valence-corrected chi connectivity index (χ2v) is 4.62. The first-order chi connectivity index (χ1) is 9.67. The van der Waals surface area contributed by atoms with Gasteiger partial charge in [-0.3, -0.25) is 9.78 Å². The molecule has 0 aliphatic heterocycles. The number of H-pyrrole nitrogens is 1. The van der Waals surface area contributed by atoms with E-state index in [4.69, 9.17) is 0 Å². The van der Waals surface area contributed by atoms with Crippen molar-refractivity contribution in [3.05, 3.63) is 57.5 Å². The normalized spacial score (nSPS) is 10.9. The first-order valence-electron chi connectivity index (χ1n) is 6.63. The molecule has 20 heavy (non-hydrogen) atoms. The lowest BCUT2D eigenvalue weighted by molar-refractivity contribution is 0.867. The van der Waals surface area contributed by atoms with Crippen molar-refractivity contribution < 1.29 is 0 Å². The van der Waals surface area contributed by atoms with E-state index in [0.29, 0.717) is 5.95 Å². The van der Waals surface area contributed by atoms with Gasteiger partial charge in [0.15, 0.2) is 0 Å². The SMILES string of the molecule is CCCc1cc(=O)[nH]c(N/N=C\c2ccc(C)cc2)n1. The highest BCUT2D eigenvalue weighted by Crippen LogP contribution is 2.02. The average Bonchev–Trinajstić information content (AvgIpc) is 2.41. The summed E-state index contributed by atoms with van der Waals surface area (Å²) in [5.74, 6) is 0.365. The van der Waals surface area contributed by atoms with E-state index in [1.807, 2.05) is 38.1 Å². The highest BCUT2D eigenvalue weighted by atomic mass is 16.1. The van der Waals surface area contributed by atoms with Gasteiger partial charge in [-0.1, -0.05) is 43.2 Å². The first kappa shape index (κ1) is 14.0. The van der Waals surface area contributed by atoms with Crippen molar-refractivity contribution in [1.29, 1.82) is 0 Å². The van der Waals surface area contributed by atoms with E-state index in [0.717, 1.165) is 24.1 Å². The standard InChI is InChI=1S/C15H18N4O/c1-3-4-13-9-14(20)18-15(17-13)19-16-10-12-7-5-11(2)6-8-12/h5-10H,3-4H2,1-2H3,(H2,17,18,19,20)/b16-10-. The monoisotopic (exact) mass is 270 g/mol. The Labute approximate surface area is 117 Å². The summed E-state index contributed by atoms with van der Waals surface area (Å²) < 4.78 is 0. The summed E-state index contributed by atoms with van der Waals surface area (Å²) >= 11 is 0. The van der Waals surface area contributed by atoms with Crippen LogP contribution in [0, 0.1) is 6.92 Å². The fraction of sp³-hybridized carbons (Fsp3) is 0.267. The van der Waals surface area contributed by atoms with Crippen LogP contribution in [0.2, 0.25) is 0 Å². The predicted octanol–water partition coefficient (Wildman–Crippen LogP) is 2.48. The topological polar surface area (TPSA) is 70.1 Å². The lowest BCUT2D eigenvalue weighted by Gasteiger charge is -2.02. The highest BCUT2D eigenvalue weighted by molar-refractivity contribution is 5.79. The van der Waals surface area contributed by atoms with Crippen molar-refractivity contribution in [2.45, 2.75) is 26.7 Å². The third kappa shape index (κ3) is 4.05. The van der Waals surface area contributed by atoms with E-state index in [2.05, 4.69) is 20.5 Å². The number of benzene rings is 1. The quantitative estimate of drug-likeness (QED) is 0.647. The molecule has 0 unspecified atom stereocenters. The molecule has 0 aliphatic rings. The maximum absolute atomic E-state index is 11.5. The molecule has 0 fully saturated rings. The zero-order chi connectivity index (χ0) is 14.4.